The molecule has 0 amide bonds. The number of nitrogens with two attached hydrogens (primary N) is 1. The van der Waals surface area contributed by atoms with Gasteiger partial charge in [-0.15, -0.1) is 0 Å². The Labute approximate surface area is 91.2 Å². The van der Waals surface area contributed by atoms with Crippen molar-refractivity contribution >= 4 is 34.8 Å². The summed E-state index contributed by atoms with van der Waals surface area (Å²) in [7, 11) is 0. The first-order valence-electron chi connectivity index (χ1n) is 3.59. The van der Waals surface area contributed by atoms with Crippen molar-refractivity contribution in [3.05, 3.63) is 32.8 Å². The number of aliphatic hydroxyl groups excluding tert-OH is 1. The Hall–Kier alpha value is 0.01000. The largest absolute Gasteiger partial charge is 0.387 e. The van der Waals surface area contributed by atoms with Crippen LogP contribution >= 0.6 is 34.8 Å². The van der Waals surface area contributed by atoms with Gasteiger partial charge in [-0.2, -0.15) is 0 Å². The van der Waals surface area contributed by atoms with Gasteiger partial charge in [-0.3, -0.25) is 0 Å². The van der Waals surface area contributed by atoms with Crippen LogP contribution in [-0.2, 0) is 0 Å². The van der Waals surface area contributed by atoms with Gasteiger partial charge in [0.1, 0.15) is 0 Å². The third-order valence-electron chi connectivity index (χ3n) is 1.61. The second-order valence-corrected chi connectivity index (χ2v) is 3.74. The smallest absolute Gasteiger partial charge is 0.0913 e. The summed E-state index contributed by atoms with van der Waals surface area (Å²) in [5.41, 5.74) is 5.84. The van der Waals surface area contributed by atoms with Gasteiger partial charge in [0.05, 0.1) is 21.2 Å². The molecule has 1 atom stereocenters. The normalized spacial score (nSPS) is 13.0. The minimum atomic E-state index is -0.757. The van der Waals surface area contributed by atoms with E-state index in [0.29, 0.717) is 15.6 Å². The Morgan fingerprint density at radius 2 is 1.69 bits per heavy atom. The van der Waals surface area contributed by atoms with Crippen LogP contribution in [0.5, 0.6) is 0 Å². The van der Waals surface area contributed by atoms with Gasteiger partial charge in [0.25, 0.3) is 0 Å². The van der Waals surface area contributed by atoms with E-state index in [1.165, 1.54) is 0 Å². The number of rotatable bonds is 2. The van der Waals surface area contributed by atoms with E-state index >= 15 is 0 Å². The van der Waals surface area contributed by atoms with E-state index in [2.05, 4.69) is 0 Å². The van der Waals surface area contributed by atoms with Crippen molar-refractivity contribution in [1.82, 2.24) is 0 Å². The van der Waals surface area contributed by atoms with Crippen LogP contribution in [0.2, 0.25) is 15.1 Å². The SMILES string of the molecule is NC[C@H](O)c1cc(Cl)c(Cl)c(Cl)c1. The van der Waals surface area contributed by atoms with E-state index in [9.17, 15) is 5.11 Å². The summed E-state index contributed by atoms with van der Waals surface area (Å²) < 4.78 is 0. The molecule has 0 unspecified atom stereocenters. The van der Waals surface area contributed by atoms with Crippen molar-refractivity contribution in [2.45, 2.75) is 6.10 Å². The van der Waals surface area contributed by atoms with Crippen molar-refractivity contribution in [1.29, 1.82) is 0 Å². The Morgan fingerprint density at radius 3 is 2.08 bits per heavy atom. The summed E-state index contributed by atoms with van der Waals surface area (Å²) in [4.78, 5) is 0. The first-order chi connectivity index (χ1) is 6.06. The average molecular weight is 241 g/mol. The first kappa shape index (κ1) is 11.1. The van der Waals surface area contributed by atoms with Gasteiger partial charge in [-0.25, -0.2) is 0 Å². The monoisotopic (exact) mass is 239 g/mol. The van der Waals surface area contributed by atoms with E-state index in [0.717, 1.165) is 0 Å². The molecule has 0 saturated carbocycles. The van der Waals surface area contributed by atoms with Gasteiger partial charge in [0, 0.05) is 6.54 Å². The summed E-state index contributed by atoms with van der Waals surface area (Å²) in [5.74, 6) is 0. The van der Waals surface area contributed by atoms with Crippen LogP contribution in [0, 0.1) is 0 Å². The van der Waals surface area contributed by atoms with Crippen LogP contribution in [0.1, 0.15) is 11.7 Å². The molecule has 0 saturated heterocycles. The molecule has 3 N–H and O–H groups in total. The van der Waals surface area contributed by atoms with Crippen molar-refractivity contribution in [3.8, 4) is 0 Å². The molecule has 0 radical (unpaired) electrons. The van der Waals surface area contributed by atoms with Gasteiger partial charge >= 0.3 is 0 Å². The van der Waals surface area contributed by atoms with Crippen molar-refractivity contribution in [2.24, 2.45) is 5.73 Å². The highest BCUT2D eigenvalue weighted by Gasteiger charge is 2.10. The lowest BCUT2D eigenvalue weighted by atomic mass is 10.1. The number of benzene rings is 1. The number of aliphatic hydroxyl groups is 1. The second kappa shape index (κ2) is 4.49. The predicted octanol–water partition coefficient (Wildman–Crippen LogP) is 2.64. The molecule has 0 spiro atoms. The quantitative estimate of drug-likeness (QED) is 0.781. The lowest BCUT2D eigenvalue weighted by molar-refractivity contribution is 0.187. The minimum absolute atomic E-state index is 0.119. The summed E-state index contributed by atoms with van der Waals surface area (Å²) in [6, 6.07) is 3.10. The van der Waals surface area contributed by atoms with E-state index in [1.54, 1.807) is 12.1 Å². The standard InChI is InChI=1S/C8H8Cl3NO/c9-5-1-4(7(13)3-12)2-6(10)8(5)11/h1-2,7,13H,3,12H2/t7-/m0/s1. The molecular formula is C8H8Cl3NO. The van der Waals surface area contributed by atoms with Crippen LogP contribution in [0.4, 0.5) is 0 Å². The molecule has 0 aliphatic carbocycles. The first-order valence-corrected chi connectivity index (χ1v) is 4.72. The maximum atomic E-state index is 9.38. The molecule has 0 heterocycles. The molecule has 5 heteroatoms. The third-order valence-corrected chi connectivity index (χ3v) is 2.81. The van der Waals surface area contributed by atoms with Crippen LogP contribution in [0.3, 0.4) is 0 Å². The summed E-state index contributed by atoms with van der Waals surface area (Å²) in [6.45, 7) is 0.119. The van der Waals surface area contributed by atoms with Gasteiger partial charge in [0.2, 0.25) is 0 Å². The highest BCUT2D eigenvalue weighted by atomic mass is 35.5. The molecular weight excluding hydrogens is 232 g/mol. The van der Waals surface area contributed by atoms with Crippen LogP contribution < -0.4 is 5.73 Å². The van der Waals surface area contributed by atoms with Gasteiger partial charge in [-0.05, 0) is 17.7 Å². The third kappa shape index (κ3) is 2.48. The Bertz CT molecular complexity index is 293. The fourth-order valence-corrected chi connectivity index (χ4v) is 1.52. The fourth-order valence-electron chi connectivity index (χ4n) is 0.904. The minimum Gasteiger partial charge on any atom is -0.387 e. The van der Waals surface area contributed by atoms with Crippen molar-refractivity contribution in [2.75, 3.05) is 6.54 Å². The summed E-state index contributed by atoms with van der Waals surface area (Å²) >= 11 is 17.2. The maximum absolute atomic E-state index is 9.38. The van der Waals surface area contributed by atoms with Crippen LogP contribution in [0.15, 0.2) is 12.1 Å². The zero-order valence-corrected chi connectivity index (χ0v) is 8.87. The molecule has 1 aromatic rings. The molecule has 2 nitrogen and oxygen atoms in total. The molecule has 0 aliphatic heterocycles. The number of halogens is 3. The molecule has 72 valence electrons. The van der Waals surface area contributed by atoms with Crippen LogP contribution in [-0.4, -0.2) is 11.7 Å². The second-order valence-electron chi connectivity index (χ2n) is 2.55. The van der Waals surface area contributed by atoms with E-state index in [4.69, 9.17) is 40.5 Å². The van der Waals surface area contributed by atoms with E-state index in [-0.39, 0.29) is 11.6 Å². The lowest BCUT2D eigenvalue weighted by Gasteiger charge is -2.09. The maximum Gasteiger partial charge on any atom is 0.0913 e. The number of hydrogen-bond donors (Lipinski definition) is 2. The highest BCUT2D eigenvalue weighted by Crippen LogP contribution is 2.32. The number of hydrogen-bond acceptors (Lipinski definition) is 2. The van der Waals surface area contributed by atoms with Crippen molar-refractivity contribution in [3.63, 3.8) is 0 Å². The Balaban J connectivity index is 3.13. The molecule has 1 aromatic carbocycles. The van der Waals surface area contributed by atoms with Crippen molar-refractivity contribution < 1.29 is 5.11 Å². The van der Waals surface area contributed by atoms with E-state index < -0.39 is 6.10 Å². The van der Waals surface area contributed by atoms with Gasteiger partial charge in [-0.1, -0.05) is 34.8 Å². The molecule has 13 heavy (non-hydrogen) atoms. The Kier molecular flexibility index (Phi) is 3.83. The van der Waals surface area contributed by atoms with Crippen LogP contribution in [0.25, 0.3) is 0 Å². The topological polar surface area (TPSA) is 46.2 Å². The van der Waals surface area contributed by atoms with Gasteiger partial charge < -0.3 is 10.8 Å². The summed E-state index contributed by atoms with van der Waals surface area (Å²) in [5, 5.41) is 10.3. The Morgan fingerprint density at radius 1 is 1.23 bits per heavy atom. The summed E-state index contributed by atoms with van der Waals surface area (Å²) in [6.07, 6.45) is -0.757. The molecule has 0 aromatic heterocycles. The zero-order valence-electron chi connectivity index (χ0n) is 6.60. The predicted molar refractivity (Wildman–Crippen MR) is 55.5 cm³/mol. The molecule has 1 rings (SSSR count). The molecule has 0 bridgehead atoms. The molecule has 0 aliphatic rings. The fraction of sp³-hybridized carbons (Fsp3) is 0.250. The highest BCUT2D eigenvalue weighted by molar-refractivity contribution is 6.48. The lowest BCUT2D eigenvalue weighted by Crippen LogP contribution is -2.11. The van der Waals surface area contributed by atoms with Gasteiger partial charge in [0.15, 0.2) is 0 Å². The zero-order chi connectivity index (χ0) is 10.0. The van der Waals surface area contributed by atoms with E-state index in [1.807, 2.05) is 0 Å². The molecule has 0 fully saturated rings. The average Bonchev–Trinajstić information content (AvgIpc) is 2.12.